The average molecular weight is 476 g/mol. The second-order valence-corrected chi connectivity index (χ2v) is 8.37. The van der Waals surface area contributed by atoms with Crippen LogP contribution in [-0.4, -0.2) is 52.7 Å². The molecule has 1 aliphatic heterocycles. The van der Waals surface area contributed by atoms with E-state index >= 15 is 0 Å². The summed E-state index contributed by atoms with van der Waals surface area (Å²) in [7, 11) is 1.42. The lowest BCUT2D eigenvalue weighted by Crippen LogP contribution is -2.45. The Morgan fingerprint density at radius 2 is 2.00 bits per heavy atom. The summed E-state index contributed by atoms with van der Waals surface area (Å²) in [6, 6.07) is 2.91. The number of halogens is 2. The van der Waals surface area contributed by atoms with Gasteiger partial charge in [-0.25, -0.2) is 19.4 Å². The summed E-state index contributed by atoms with van der Waals surface area (Å²) in [5.74, 6) is 0.387. The Hall–Kier alpha value is -2.91. The molecule has 33 heavy (non-hydrogen) atoms. The monoisotopic (exact) mass is 475 g/mol. The van der Waals surface area contributed by atoms with Crippen molar-refractivity contribution in [2.75, 3.05) is 26.8 Å². The van der Waals surface area contributed by atoms with E-state index in [-0.39, 0.29) is 24.1 Å². The lowest BCUT2D eigenvalue weighted by molar-refractivity contribution is 0.0751. The molecule has 1 amide bonds. The zero-order valence-electron chi connectivity index (χ0n) is 18.4. The molecule has 3 aromatic rings. The molecule has 3 heterocycles. The number of aromatic nitrogens is 3. The van der Waals surface area contributed by atoms with Gasteiger partial charge in [0.1, 0.15) is 23.3 Å². The summed E-state index contributed by atoms with van der Waals surface area (Å²) in [5.41, 5.74) is 5.37. The van der Waals surface area contributed by atoms with Crippen molar-refractivity contribution in [2.45, 2.75) is 32.1 Å². The van der Waals surface area contributed by atoms with Crippen LogP contribution in [0, 0.1) is 11.7 Å². The second-order valence-electron chi connectivity index (χ2n) is 8.37. The van der Waals surface area contributed by atoms with Crippen molar-refractivity contribution >= 4 is 29.3 Å². The van der Waals surface area contributed by atoms with Crippen LogP contribution in [0.3, 0.4) is 0 Å². The number of hydrazine groups is 1. The van der Waals surface area contributed by atoms with Crippen LogP contribution in [0.2, 0.25) is 0 Å². The van der Waals surface area contributed by atoms with Crippen molar-refractivity contribution in [2.24, 2.45) is 5.92 Å². The standard InChI is InChI=1S/C23H26FN5O3.ClH/c1-31-19-10-18(32-12-14-5-6-14)15(9-17(19)24)20-22-21(27-13-26-20)16(11-25-22)23(30)28-29-7-3-2-4-8-29;/h9-11,13-14,25H,2-8,12H2,1H3,(H,28,30);1H. The van der Waals surface area contributed by atoms with Gasteiger partial charge >= 0.3 is 0 Å². The first-order valence-corrected chi connectivity index (χ1v) is 11.0. The number of benzene rings is 1. The molecule has 2 aliphatic rings. The van der Waals surface area contributed by atoms with Crippen molar-refractivity contribution in [3.63, 3.8) is 0 Å². The van der Waals surface area contributed by atoms with Crippen LogP contribution in [-0.2, 0) is 0 Å². The molecular weight excluding hydrogens is 449 g/mol. The van der Waals surface area contributed by atoms with Gasteiger partial charge in [0.05, 0.1) is 24.8 Å². The molecule has 1 saturated heterocycles. The fourth-order valence-electron chi connectivity index (χ4n) is 4.01. The van der Waals surface area contributed by atoms with E-state index < -0.39 is 5.82 Å². The topological polar surface area (TPSA) is 92.4 Å². The lowest BCUT2D eigenvalue weighted by Gasteiger charge is -2.26. The predicted molar refractivity (Wildman–Crippen MR) is 124 cm³/mol. The molecule has 5 rings (SSSR count). The van der Waals surface area contributed by atoms with Gasteiger partial charge in [-0.15, -0.1) is 12.4 Å². The largest absolute Gasteiger partial charge is 0.494 e. The Morgan fingerprint density at radius 1 is 1.21 bits per heavy atom. The van der Waals surface area contributed by atoms with Crippen molar-refractivity contribution in [3.8, 4) is 22.8 Å². The highest BCUT2D eigenvalue weighted by Gasteiger charge is 2.25. The molecule has 2 fully saturated rings. The van der Waals surface area contributed by atoms with E-state index in [1.165, 1.54) is 25.9 Å². The summed E-state index contributed by atoms with van der Waals surface area (Å²) < 4.78 is 25.8. The van der Waals surface area contributed by atoms with E-state index in [1.54, 1.807) is 12.3 Å². The van der Waals surface area contributed by atoms with E-state index in [2.05, 4.69) is 20.4 Å². The van der Waals surface area contributed by atoms with Gasteiger partial charge in [-0.2, -0.15) is 0 Å². The Labute approximate surface area is 197 Å². The Kier molecular flexibility index (Phi) is 6.99. The summed E-state index contributed by atoms with van der Waals surface area (Å²) in [6.45, 7) is 2.23. The molecule has 0 spiro atoms. The maximum atomic E-state index is 14.6. The third-order valence-electron chi connectivity index (χ3n) is 6.00. The van der Waals surface area contributed by atoms with Crippen LogP contribution in [0.5, 0.6) is 11.5 Å². The molecule has 1 saturated carbocycles. The molecule has 1 aromatic carbocycles. The molecular formula is C23H27ClFN5O3. The molecule has 2 aromatic heterocycles. The molecule has 176 valence electrons. The molecule has 0 bridgehead atoms. The quantitative estimate of drug-likeness (QED) is 0.534. The Morgan fingerprint density at radius 3 is 2.73 bits per heavy atom. The number of rotatable bonds is 7. The first-order chi connectivity index (χ1) is 15.6. The van der Waals surface area contributed by atoms with E-state index in [4.69, 9.17) is 9.47 Å². The summed E-state index contributed by atoms with van der Waals surface area (Å²) >= 11 is 0. The number of piperidine rings is 1. The van der Waals surface area contributed by atoms with Gasteiger partial charge in [0.15, 0.2) is 11.6 Å². The number of hydrogen-bond acceptors (Lipinski definition) is 6. The lowest BCUT2D eigenvalue weighted by atomic mass is 10.1. The Bertz CT molecular complexity index is 1140. The van der Waals surface area contributed by atoms with Crippen molar-refractivity contribution in [1.82, 2.24) is 25.4 Å². The van der Waals surface area contributed by atoms with Crippen molar-refractivity contribution < 1.29 is 18.7 Å². The van der Waals surface area contributed by atoms with Crippen LogP contribution in [0.15, 0.2) is 24.7 Å². The summed E-state index contributed by atoms with van der Waals surface area (Å²) in [6.07, 6.45) is 8.58. The average Bonchev–Trinajstić information content (AvgIpc) is 3.54. The normalized spacial score (nSPS) is 16.3. The summed E-state index contributed by atoms with van der Waals surface area (Å²) in [4.78, 5) is 24.7. The fourth-order valence-corrected chi connectivity index (χ4v) is 4.01. The minimum atomic E-state index is -0.511. The Balaban J connectivity index is 0.00000259. The van der Waals surface area contributed by atoms with Gasteiger partial charge in [0.2, 0.25) is 0 Å². The number of fused-ring (bicyclic) bond motifs is 1. The van der Waals surface area contributed by atoms with E-state index in [1.807, 2.05) is 5.01 Å². The van der Waals surface area contributed by atoms with Gasteiger partial charge in [-0.3, -0.25) is 10.2 Å². The molecule has 2 N–H and O–H groups in total. The number of H-pyrrole nitrogens is 1. The van der Waals surface area contributed by atoms with E-state index in [0.29, 0.717) is 46.1 Å². The number of methoxy groups -OCH3 is 1. The maximum Gasteiger partial charge on any atom is 0.269 e. The first kappa shape index (κ1) is 23.3. The second kappa shape index (κ2) is 9.93. The van der Waals surface area contributed by atoms with Gasteiger partial charge in [0, 0.05) is 30.9 Å². The molecule has 0 atom stereocenters. The minimum absolute atomic E-state index is 0. The highest BCUT2D eigenvalue weighted by molar-refractivity contribution is 6.07. The number of nitrogens with one attached hydrogen (secondary N) is 2. The van der Waals surface area contributed by atoms with Gasteiger partial charge in [0.25, 0.3) is 5.91 Å². The highest BCUT2D eigenvalue weighted by atomic mass is 35.5. The molecule has 8 nitrogen and oxygen atoms in total. The molecule has 10 heteroatoms. The fraction of sp³-hybridized carbons (Fsp3) is 0.435. The van der Waals surface area contributed by atoms with Crippen LogP contribution in [0.25, 0.3) is 22.3 Å². The maximum absolute atomic E-state index is 14.6. The molecule has 0 radical (unpaired) electrons. The third kappa shape index (κ3) is 4.89. The minimum Gasteiger partial charge on any atom is -0.494 e. The zero-order chi connectivity index (χ0) is 22.1. The zero-order valence-corrected chi connectivity index (χ0v) is 19.2. The number of carbonyl (C=O) groups is 1. The molecule has 1 aliphatic carbocycles. The van der Waals surface area contributed by atoms with Crippen LogP contribution >= 0.6 is 12.4 Å². The SMILES string of the molecule is COc1cc(OCC2CC2)c(-c2ncnc3c(C(=O)NN4CCCCC4)c[nH]c23)cc1F.Cl. The van der Waals surface area contributed by atoms with Gasteiger partial charge < -0.3 is 14.5 Å². The molecule has 0 unspecified atom stereocenters. The summed E-state index contributed by atoms with van der Waals surface area (Å²) in [5, 5.41) is 1.94. The van der Waals surface area contributed by atoms with E-state index in [9.17, 15) is 9.18 Å². The highest BCUT2D eigenvalue weighted by Crippen LogP contribution is 2.39. The number of carbonyl (C=O) groups excluding carboxylic acids is 1. The van der Waals surface area contributed by atoms with Gasteiger partial charge in [-0.05, 0) is 37.7 Å². The number of nitrogens with zero attached hydrogens (tertiary/aromatic N) is 3. The van der Waals surface area contributed by atoms with Gasteiger partial charge in [-0.1, -0.05) is 6.42 Å². The van der Waals surface area contributed by atoms with Crippen molar-refractivity contribution in [1.29, 1.82) is 0 Å². The van der Waals surface area contributed by atoms with Crippen molar-refractivity contribution in [3.05, 3.63) is 36.0 Å². The van der Waals surface area contributed by atoms with E-state index in [0.717, 1.165) is 38.8 Å². The van der Waals surface area contributed by atoms with Crippen LogP contribution in [0.1, 0.15) is 42.5 Å². The first-order valence-electron chi connectivity index (χ1n) is 11.0. The predicted octanol–water partition coefficient (Wildman–Crippen LogP) is 4.11. The number of amides is 1. The number of aromatic amines is 1. The van der Waals surface area contributed by atoms with Crippen LogP contribution < -0.4 is 14.9 Å². The third-order valence-corrected chi connectivity index (χ3v) is 6.00. The van der Waals surface area contributed by atoms with Crippen LogP contribution in [0.4, 0.5) is 4.39 Å². The number of ether oxygens (including phenoxy) is 2. The smallest absolute Gasteiger partial charge is 0.269 e. The number of hydrogen-bond donors (Lipinski definition) is 2.